The van der Waals surface area contributed by atoms with Crippen LogP contribution in [0.15, 0.2) is 18.2 Å². The summed E-state index contributed by atoms with van der Waals surface area (Å²) in [6, 6.07) is 8.33. The highest BCUT2D eigenvalue weighted by molar-refractivity contribution is 5.45. The molecule has 2 atom stereocenters. The molecule has 2 rings (SSSR count). The van der Waals surface area contributed by atoms with E-state index in [-0.39, 0.29) is 6.10 Å². The summed E-state index contributed by atoms with van der Waals surface area (Å²) in [6.07, 6.45) is 4.85. The van der Waals surface area contributed by atoms with E-state index in [4.69, 9.17) is 10.00 Å². The molecule has 3 nitrogen and oxygen atoms in total. The molecule has 0 amide bonds. The number of hydrogen-bond acceptors (Lipinski definition) is 3. The molecule has 0 radical (unpaired) electrons. The van der Waals surface area contributed by atoms with Crippen LogP contribution in [-0.4, -0.2) is 19.2 Å². The van der Waals surface area contributed by atoms with Gasteiger partial charge in [0.05, 0.1) is 5.56 Å². The molecule has 1 aliphatic carbocycles. The van der Waals surface area contributed by atoms with Gasteiger partial charge in [0.2, 0.25) is 0 Å². The predicted octanol–water partition coefficient (Wildman–Crippen LogP) is 2.78. The van der Waals surface area contributed by atoms with Gasteiger partial charge in [0.25, 0.3) is 0 Å². The van der Waals surface area contributed by atoms with Crippen LogP contribution in [0.4, 0.5) is 0 Å². The van der Waals surface area contributed by atoms with Crippen LogP contribution in [0.5, 0.6) is 5.75 Å². The minimum Gasteiger partial charge on any atom is -0.487 e. The molecule has 1 aromatic rings. The van der Waals surface area contributed by atoms with Gasteiger partial charge in [-0.05, 0) is 50.9 Å². The van der Waals surface area contributed by atoms with Crippen molar-refractivity contribution in [1.29, 1.82) is 5.26 Å². The summed E-state index contributed by atoms with van der Waals surface area (Å²) < 4.78 is 6.08. The van der Waals surface area contributed by atoms with E-state index in [1.165, 1.54) is 12.8 Å². The van der Waals surface area contributed by atoms with Crippen LogP contribution in [0.25, 0.3) is 0 Å². The molecule has 0 aromatic heterocycles. The molecule has 3 heteroatoms. The van der Waals surface area contributed by atoms with Crippen LogP contribution in [0, 0.1) is 18.3 Å². The highest BCUT2D eigenvalue weighted by Gasteiger charge is 2.26. The van der Waals surface area contributed by atoms with Crippen molar-refractivity contribution in [2.24, 2.45) is 0 Å². The molecular weight excluding hydrogens is 224 g/mol. The molecule has 0 aliphatic heterocycles. The first-order valence-electron chi connectivity index (χ1n) is 6.59. The quantitative estimate of drug-likeness (QED) is 0.889. The highest BCUT2D eigenvalue weighted by Crippen LogP contribution is 2.26. The summed E-state index contributed by atoms with van der Waals surface area (Å²) >= 11 is 0. The monoisotopic (exact) mass is 244 g/mol. The molecule has 1 fully saturated rings. The molecule has 0 spiro atoms. The number of nitrogens with one attached hydrogen (secondary N) is 1. The van der Waals surface area contributed by atoms with Crippen LogP contribution < -0.4 is 10.1 Å². The maximum absolute atomic E-state index is 9.12. The second-order valence-electron chi connectivity index (χ2n) is 4.95. The lowest BCUT2D eigenvalue weighted by atomic mass is 9.92. The first-order valence-corrected chi connectivity index (χ1v) is 6.59. The summed E-state index contributed by atoms with van der Waals surface area (Å²) in [6.45, 7) is 2.02. The Bertz CT molecular complexity index is 450. The Morgan fingerprint density at radius 3 is 2.83 bits per heavy atom. The van der Waals surface area contributed by atoms with Crippen LogP contribution in [-0.2, 0) is 0 Å². The van der Waals surface area contributed by atoms with Crippen molar-refractivity contribution < 1.29 is 4.74 Å². The first kappa shape index (κ1) is 12.9. The molecule has 1 saturated carbocycles. The fourth-order valence-corrected chi connectivity index (χ4v) is 2.55. The van der Waals surface area contributed by atoms with Crippen molar-refractivity contribution in [1.82, 2.24) is 5.32 Å². The molecule has 18 heavy (non-hydrogen) atoms. The lowest BCUT2D eigenvalue weighted by molar-refractivity contribution is 0.117. The maximum atomic E-state index is 9.12. The van der Waals surface area contributed by atoms with Gasteiger partial charge in [-0.15, -0.1) is 0 Å². The van der Waals surface area contributed by atoms with Gasteiger partial charge in [0.1, 0.15) is 17.9 Å². The zero-order valence-corrected chi connectivity index (χ0v) is 11.1. The number of hydrogen-bond donors (Lipinski definition) is 1. The van der Waals surface area contributed by atoms with E-state index in [0.717, 1.165) is 24.2 Å². The summed E-state index contributed by atoms with van der Waals surface area (Å²) in [5.74, 6) is 0.727. The first-order chi connectivity index (χ1) is 8.74. The van der Waals surface area contributed by atoms with E-state index in [1.54, 1.807) is 0 Å². The van der Waals surface area contributed by atoms with Crippen molar-refractivity contribution in [3.8, 4) is 11.8 Å². The number of ether oxygens (including phenoxy) is 1. The molecule has 96 valence electrons. The van der Waals surface area contributed by atoms with Crippen LogP contribution in [0.1, 0.15) is 36.8 Å². The number of nitrogens with zero attached hydrogens (tertiary/aromatic N) is 1. The number of benzene rings is 1. The van der Waals surface area contributed by atoms with Gasteiger partial charge in [-0.25, -0.2) is 0 Å². The second-order valence-corrected chi connectivity index (χ2v) is 4.95. The predicted molar refractivity (Wildman–Crippen MR) is 71.6 cm³/mol. The zero-order valence-electron chi connectivity index (χ0n) is 11.1. The van der Waals surface area contributed by atoms with Crippen molar-refractivity contribution in [3.63, 3.8) is 0 Å². The Morgan fingerprint density at radius 2 is 2.11 bits per heavy atom. The van der Waals surface area contributed by atoms with Gasteiger partial charge in [-0.3, -0.25) is 0 Å². The van der Waals surface area contributed by atoms with E-state index in [0.29, 0.717) is 11.6 Å². The lowest BCUT2D eigenvalue weighted by Gasteiger charge is -2.31. The second kappa shape index (κ2) is 5.88. The van der Waals surface area contributed by atoms with Gasteiger partial charge in [0.15, 0.2) is 0 Å². The summed E-state index contributed by atoms with van der Waals surface area (Å²) in [7, 11) is 1.98. The summed E-state index contributed by atoms with van der Waals surface area (Å²) in [5, 5.41) is 12.4. The highest BCUT2D eigenvalue weighted by atomic mass is 16.5. The van der Waals surface area contributed by atoms with Crippen molar-refractivity contribution in [3.05, 3.63) is 29.3 Å². The lowest BCUT2D eigenvalue weighted by Crippen LogP contribution is -2.43. The fraction of sp³-hybridized carbons (Fsp3) is 0.533. The third kappa shape index (κ3) is 2.83. The van der Waals surface area contributed by atoms with E-state index >= 15 is 0 Å². The Morgan fingerprint density at radius 1 is 1.33 bits per heavy atom. The molecule has 2 unspecified atom stereocenters. The maximum Gasteiger partial charge on any atom is 0.137 e. The Labute approximate surface area is 109 Å². The summed E-state index contributed by atoms with van der Waals surface area (Å²) in [5.41, 5.74) is 1.75. The Kier molecular flexibility index (Phi) is 4.22. The average molecular weight is 244 g/mol. The molecule has 1 aliphatic rings. The van der Waals surface area contributed by atoms with E-state index in [1.807, 2.05) is 32.2 Å². The standard InChI is InChI=1S/C15H20N2O/c1-11-7-8-12(10-16)15(9-11)18-14-6-4-3-5-13(14)17-2/h7-9,13-14,17H,3-6H2,1-2H3. The smallest absolute Gasteiger partial charge is 0.137 e. The third-order valence-corrected chi connectivity index (χ3v) is 3.61. The van der Waals surface area contributed by atoms with E-state index in [2.05, 4.69) is 11.4 Å². The average Bonchev–Trinajstić information content (AvgIpc) is 2.40. The van der Waals surface area contributed by atoms with E-state index in [9.17, 15) is 0 Å². The Hall–Kier alpha value is -1.53. The van der Waals surface area contributed by atoms with Crippen LogP contribution in [0.2, 0.25) is 0 Å². The van der Waals surface area contributed by atoms with Crippen molar-refractivity contribution in [2.75, 3.05) is 7.05 Å². The molecule has 1 aromatic carbocycles. The largest absolute Gasteiger partial charge is 0.487 e. The van der Waals surface area contributed by atoms with Crippen LogP contribution in [0.3, 0.4) is 0 Å². The minimum atomic E-state index is 0.178. The topological polar surface area (TPSA) is 45.0 Å². The van der Waals surface area contributed by atoms with Gasteiger partial charge in [-0.1, -0.05) is 12.5 Å². The van der Waals surface area contributed by atoms with Gasteiger partial charge >= 0.3 is 0 Å². The zero-order chi connectivity index (χ0) is 13.0. The van der Waals surface area contributed by atoms with Crippen molar-refractivity contribution >= 4 is 0 Å². The van der Waals surface area contributed by atoms with E-state index < -0.39 is 0 Å². The molecule has 0 saturated heterocycles. The number of rotatable bonds is 3. The molecule has 1 N–H and O–H groups in total. The molecule has 0 heterocycles. The molecular formula is C15H20N2O. The van der Waals surface area contributed by atoms with Gasteiger partial charge in [0, 0.05) is 6.04 Å². The fourth-order valence-electron chi connectivity index (χ4n) is 2.55. The minimum absolute atomic E-state index is 0.178. The molecule has 0 bridgehead atoms. The third-order valence-electron chi connectivity index (χ3n) is 3.61. The number of nitriles is 1. The number of aryl methyl sites for hydroxylation is 1. The normalized spacial score (nSPS) is 23.4. The number of likely N-dealkylation sites (N-methyl/N-ethyl adjacent to an activating group) is 1. The van der Waals surface area contributed by atoms with Crippen molar-refractivity contribution in [2.45, 2.75) is 44.8 Å². The summed E-state index contributed by atoms with van der Waals surface area (Å²) in [4.78, 5) is 0. The van der Waals surface area contributed by atoms with Gasteiger partial charge in [-0.2, -0.15) is 5.26 Å². The SMILES string of the molecule is CNC1CCCCC1Oc1cc(C)ccc1C#N. The van der Waals surface area contributed by atoms with Gasteiger partial charge < -0.3 is 10.1 Å². The Balaban J connectivity index is 2.17. The van der Waals surface area contributed by atoms with Crippen LogP contribution >= 0.6 is 0 Å².